The lowest BCUT2D eigenvalue weighted by molar-refractivity contribution is 0.235. The average molecular weight is 478 g/mol. The van der Waals surface area contributed by atoms with Gasteiger partial charge >= 0.3 is 0 Å². The summed E-state index contributed by atoms with van der Waals surface area (Å²) in [4.78, 5) is 0. The van der Waals surface area contributed by atoms with E-state index in [1.165, 1.54) is 0 Å². The Labute approximate surface area is 206 Å². The first-order chi connectivity index (χ1) is 16.1. The predicted octanol–water partition coefficient (Wildman–Crippen LogP) is 6.39. The van der Waals surface area contributed by atoms with Gasteiger partial charge in [0.05, 0.1) is 26.2 Å². The monoisotopic (exact) mass is 477 g/mol. The molecule has 5 heteroatoms. The molecule has 0 aliphatic rings. The number of rotatable bonds is 9. The fourth-order valence-corrected chi connectivity index (χ4v) is 5.22. The van der Waals surface area contributed by atoms with Crippen LogP contribution in [-0.4, -0.2) is 35.2 Å². The van der Waals surface area contributed by atoms with Crippen molar-refractivity contribution in [1.29, 1.82) is 0 Å². The van der Waals surface area contributed by atoms with Crippen LogP contribution >= 0.6 is 0 Å². The van der Waals surface area contributed by atoms with Crippen molar-refractivity contribution in [2.75, 3.05) is 20.8 Å². The SMILES string of the molecule is COc1ccc(C(c2ccccc2)(c2ccc(OC)cc2)C(N)CO[Si](C)(C)C(C)(C)C)cc1. The molecule has 0 saturated carbocycles. The van der Waals surface area contributed by atoms with Crippen LogP contribution in [0.2, 0.25) is 18.1 Å². The molecular weight excluding hydrogens is 438 g/mol. The molecule has 0 amide bonds. The zero-order chi connectivity index (χ0) is 25.0. The third kappa shape index (κ3) is 5.07. The number of nitrogens with two attached hydrogens (primary N) is 1. The Bertz CT molecular complexity index is 994. The summed E-state index contributed by atoms with van der Waals surface area (Å²) < 4.78 is 17.6. The molecule has 34 heavy (non-hydrogen) atoms. The standard InChI is InChI=1S/C29H39NO3Si/c1-28(2,3)34(6,7)33-21-27(30)29(22-11-9-8-10-12-22,23-13-17-25(31-4)18-14-23)24-15-19-26(32-5)20-16-24/h8-20,27H,21,30H2,1-7H3. The highest BCUT2D eigenvalue weighted by molar-refractivity contribution is 6.74. The molecule has 0 saturated heterocycles. The minimum absolute atomic E-state index is 0.0996. The lowest BCUT2D eigenvalue weighted by atomic mass is 9.65. The zero-order valence-corrected chi connectivity index (χ0v) is 22.6. The Morgan fingerprint density at radius 3 is 1.50 bits per heavy atom. The van der Waals surface area contributed by atoms with Crippen LogP contribution in [0.1, 0.15) is 37.5 Å². The maximum atomic E-state index is 7.18. The van der Waals surface area contributed by atoms with E-state index in [9.17, 15) is 0 Å². The molecule has 3 aromatic carbocycles. The highest BCUT2D eigenvalue weighted by Gasteiger charge is 2.44. The molecule has 0 heterocycles. The van der Waals surface area contributed by atoms with E-state index in [-0.39, 0.29) is 11.1 Å². The summed E-state index contributed by atoms with van der Waals surface area (Å²) in [6, 6.07) is 26.6. The molecule has 3 aromatic rings. The van der Waals surface area contributed by atoms with Gasteiger partial charge in [-0.3, -0.25) is 0 Å². The van der Waals surface area contributed by atoms with Crippen molar-refractivity contribution in [1.82, 2.24) is 0 Å². The Balaban J connectivity index is 2.22. The summed E-state index contributed by atoms with van der Waals surface area (Å²) >= 11 is 0. The van der Waals surface area contributed by atoms with Crippen molar-refractivity contribution in [3.63, 3.8) is 0 Å². The van der Waals surface area contributed by atoms with E-state index < -0.39 is 13.7 Å². The molecule has 0 aliphatic heterocycles. The number of hydrogen-bond donors (Lipinski definition) is 1. The van der Waals surface area contributed by atoms with Crippen LogP contribution in [0.15, 0.2) is 78.9 Å². The van der Waals surface area contributed by atoms with Crippen LogP contribution in [-0.2, 0) is 9.84 Å². The molecule has 2 N–H and O–H groups in total. The lowest BCUT2D eigenvalue weighted by Crippen LogP contribution is -2.53. The van der Waals surface area contributed by atoms with Gasteiger partial charge in [-0.05, 0) is 59.1 Å². The first-order valence-electron chi connectivity index (χ1n) is 11.8. The maximum Gasteiger partial charge on any atom is 0.192 e. The van der Waals surface area contributed by atoms with Crippen molar-refractivity contribution in [2.45, 2.75) is 50.4 Å². The molecule has 182 valence electrons. The van der Waals surface area contributed by atoms with Crippen LogP contribution in [0.3, 0.4) is 0 Å². The molecule has 4 nitrogen and oxygen atoms in total. The summed E-state index contributed by atoms with van der Waals surface area (Å²) in [5, 5.41) is 0.0996. The van der Waals surface area contributed by atoms with Crippen molar-refractivity contribution < 1.29 is 13.9 Å². The van der Waals surface area contributed by atoms with E-state index in [1.54, 1.807) is 14.2 Å². The van der Waals surface area contributed by atoms with Gasteiger partial charge in [-0.2, -0.15) is 0 Å². The second-order valence-electron chi connectivity index (χ2n) is 10.3. The summed E-state index contributed by atoms with van der Waals surface area (Å²) in [5.74, 6) is 1.62. The molecular formula is C29H39NO3Si. The Morgan fingerprint density at radius 2 is 1.12 bits per heavy atom. The second kappa shape index (κ2) is 10.3. The average Bonchev–Trinajstić information content (AvgIpc) is 2.84. The fourth-order valence-electron chi connectivity index (χ4n) is 4.19. The van der Waals surface area contributed by atoms with Gasteiger partial charge in [0.1, 0.15) is 11.5 Å². The van der Waals surface area contributed by atoms with Crippen molar-refractivity contribution >= 4 is 8.32 Å². The van der Waals surface area contributed by atoms with Gasteiger partial charge in [0, 0.05) is 6.04 Å². The van der Waals surface area contributed by atoms with E-state index in [4.69, 9.17) is 19.6 Å². The number of methoxy groups -OCH3 is 2. The van der Waals surface area contributed by atoms with Crippen molar-refractivity contribution in [3.8, 4) is 11.5 Å². The highest BCUT2D eigenvalue weighted by atomic mass is 28.4. The molecule has 0 aromatic heterocycles. The Kier molecular flexibility index (Phi) is 7.91. The molecule has 0 radical (unpaired) electrons. The molecule has 1 atom stereocenters. The smallest absolute Gasteiger partial charge is 0.192 e. The van der Waals surface area contributed by atoms with Gasteiger partial charge in [0.25, 0.3) is 0 Å². The van der Waals surface area contributed by atoms with Gasteiger partial charge in [0.2, 0.25) is 0 Å². The Hall–Kier alpha value is -2.60. The van der Waals surface area contributed by atoms with Gasteiger partial charge in [0.15, 0.2) is 8.32 Å². The third-order valence-corrected chi connectivity index (χ3v) is 11.8. The third-order valence-electron chi connectivity index (χ3n) is 7.31. The largest absolute Gasteiger partial charge is 0.497 e. The topological polar surface area (TPSA) is 53.7 Å². The minimum Gasteiger partial charge on any atom is -0.497 e. The minimum atomic E-state index is -2.00. The summed E-state index contributed by atoms with van der Waals surface area (Å²) in [6.45, 7) is 11.7. The summed E-state index contributed by atoms with van der Waals surface area (Å²) in [5.41, 5.74) is 9.86. The molecule has 3 rings (SSSR count). The maximum absolute atomic E-state index is 7.18. The van der Waals surface area contributed by atoms with Gasteiger partial charge in [-0.1, -0.05) is 75.4 Å². The van der Waals surface area contributed by atoms with E-state index in [2.05, 4.69) is 82.4 Å². The molecule has 0 aliphatic carbocycles. The van der Waals surface area contributed by atoms with Gasteiger partial charge in [-0.25, -0.2) is 0 Å². The highest BCUT2D eigenvalue weighted by Crippen LogP contribution is 2.44. The molecule has 0 bridgehead atoms. The fraction of sp³-hybridized carbons (Fsp3) is 0.379. The van der Waals surface area contributed by atoms with E-state index in [0.717, 1.165) is 28.2 Å². The molecule has 0 fully saturated rings. The first kappa shape index (κ1) is 26.0. The number of benzene rings is 3. The predicted molar refractivity (Wildman–Crippen MR) is 143 cm³/mol. The normalized spacial score (nSPS) is 13.4. The van der Waals surface area contributed by atoms with Gasteiger partial charge in [-0.15, -0.1) is 0 Å². The Morgan fingerprint density at radius 1 is 0.706 bits per heavy atom. The van der Waals surface area contributed by atoms with Crippen LogP contribution in [0.5, 0.6) is 11.5 Å². The van der Waals surface area contributed by atoms with Crippen LogP contribution in [0.25, 0.3) is 0 Å². The quantitative estimate of drug-likeness (QED) is 0.287. The summed E-state index contributed by atoms with van der Waals surface area (Å²) in [6.07, 6.45) is 0. The molecule has 1 unspecified atom stereocenters. The van der Waals surface area contributed by atoms with Crippen molar-refractivity contribution in [2.24, 2.45) is 5.73 Å². The number of hydrogen-bond acceptors (Lipinski definition) is 4. The lowest BCUT2D eigenvalue weighted by Gasteiger charge is -2.43. The van der Waals surface area contributed by atoms with Crippen molar-refractivity contribution in [3.05, 3.63) is 95.6 Å². The van der Waals surface area contributed by atoms with E-state index >= 15 is 0 Å². The van der Waals surface area contributed by atoms with Crippen LogP contribution in [0.4, 0.5) is 0 Å². The summed E-state index contributed by atoms with van der Waals surface area (Å²) in [7, 11) is 1.37. The molecule has 0 spiro atoms. The van der Waals surface area contributed by atoms with Crippen LogP contribution < -0.4 is 15.2 Å². The zero-order valence-electron chi connectivity index (χ0n) is 21.6. The van der Waals surface area contributed by atoms with Gasteiger partial charge < -0.3 is 19.6 Å². The van der Waals surface area contributed by atoms with E-state index in [1.807, 2.05) is 30.3 Å². The van der Waals surface area contributed by atoms with E-state index in [0.29, 0.717) is 6.61 Å². The number of ether oxygens (including phenoxy) is 2. The second-order valence-corrected chi connectivity index (χ2v) is 15.1. The van der Waals surface area contributed by atoms with Crippen LogP contribution in [0, 0.1) is 0 Å². The first-order valence-corrected chi connectivity index (χ1v) is 14.7.